The molecule has 1 rings (SSSR count). The molecule has 0 fully saturated rings. The van der Waals surface area contributed by atoms with Crippen molar-refractivity contribution in [2.45, 2.75) is 26.7 Å². The minimum atomic E-state index is -0.156. The van der Waals surface area contributed by atoms with E-state index in [9.17, 15) is 4.79 Å². The van der Waals surface area contributed by atoms with Crippen LogP contribution in [0, 0.1) is 12.8 Å². The van der Waals surface area contributed by atoms with Crippen molar-refractivity contribution in [3.8, 4) is 5.75 Å². The van der Waals surface area contributed by atoms with Crippen molar-refractivity contribution in [3.63, 3.8) is 0 Å². The minimum absolute atomic E-state index is 0.101. The number of ether oxygens (including phenoxy) is 2. The van der Waals surface area contributed by atoms with E-state index in [0.29, 0.717) is 6.42 Å². The monoisotopic (exact) mass is 236 g/mol. The fraction of sp³-hybridized carbons (Fsp3) is 0.500. The van der Waals surface area contributed by atoms with E-state index in [1.807, 2.05) is 26.0 Å². The number of carbonyl (C=O) groups excluding carboxylic acids is 1. The Kier molecular flexibility index (Phi) is 5.01. The lowest BCUT2D eigenvalue weighted by Gasteiger charge is -2.15. The lowest BCUT2D eigenvalue weighted by atomic mass is 9.95. The normalized spacial score (nSPS) is 12.0. The summed E-state index contributed by atoms with van der Waals surface area (Å²) in [6.07, 6.45) is 1.43. The molecule has 0 amide bonds. The number of benzene rings is 1. The zero-order chi connectivity index (χ0) is 12.8. The Labute approximate surface area is 103 Å². The second kappa shape index (κ2) is 6.28. The van der Waals surface area contributed by atoms with Crippen LogP contribution in [-0.2, 0) is 16.0 Å². The van der Waals surface area contributed by atoms with Crippen LogP contribution in [0.25, 0.3) is 0 Å². The molecule has 0 spiro atoms. The lowest BCUT2D eigenvalue weighted by molar-refractivity contribution is -0.145. The first-order valence-corrected chi connectivity index (χ1v) is 5.83. The zero-order valence-corrected chi connectivity index (χ0v) is 10.9. The van der Waals surface area contributed by atoms with E-state index in [1.54, 1.807) is 7.11 Å². The topological polar surface area (TPSA) is 35.5 Å². The molecule has 0 bridgehead atoms. The van der Waals surface area contributed by atoms with Gasteiger partial charge in [0.25, 0.3) is 0 Å². The number of methoxy groups -OCH3 is 2. The Morgan fingerprint density at radius 1 is 1.35 bits per heavy atom. The molecule has 0 N–H and O–H groups in total. The van der Waals surface area contributed by atoms with Gasteiger partial charge in [0.15, 0.2) is 0 Å². The number of hydrogen-bond donors (Lipinski definition) is 0. The summed E-state index contributed by atoms with van der Waals surface area (Å²) in [5, 5.41) is 0. The standard InChI is InChI=1S/C14H20O3/c1-5-11(14(15)17-4)9-12-8-10(2)6-7-13(12)16-3/h6-8,11H,5,9H2,1-4H3. The Balaban J connectivity index is 2.92. The van der Waals surface area contributed by atoms with Crippen molar-refractivity contribution in [1.82, 2.24) is 0 Å². The van der Waals surface area contributed by atoms with Gasteiger partial charge in [0.2, 0.25) is 0 Å². The zero-order valence-electron chi connectivity index (χ0n) is 10.9. The summed E-state index contributed by atoms with van der Waals surface area (Å²) in [5.41, 5.74) is 2.23. The van der Waals surface area contributed by atoms with Gasteiger partial charge in [0, 0.05) is 0 Å². The molecule has 94 valence electrons. The number of carbonyl (C=O) groups is 1. The molecule has 3 heteroatoms. The second-order valence-electron chi connectivity index (χ2n) is 4.15. The maximum Gasteiger partial charge on any atom is 0.308 e. The number of rotatable bonds is 5. The van der Waals surface area contributed by atoms with Gasteiger partial charge in [-0.05, 0) is 31.4 Å². The Bertz CT molecular complexity index is 385. The summed E-state index contributed by atoms with van der Waals surface area (Å²) in [5.74, 6) is 0.574. The third-order valence-electron chi connectivity index (χ3n) is 2.93. The van der Waals surface area contributed by atoms with Crippen molar-refractivity contribution in [2.75, 3.05) is 14.2 Å². The molecule has 1 atom stereocenters. The molecule has 0 saturated heterocycles. The van der Waals surface area contributed by atoms with Gasteiger partial charge in [0.1, 0.15) is 5.75 Å². The summed E-state index contributed by atoms with van der Waals surface area (Å²) in [7, 11) is 3.08. The third-order valence-corrected chi connectivity index (χ3v) is 2.93. The SMILES string of the molecule is CCC(Cc1cc(C)ccc1OC)C(=O)OC. The van der Waals surface area contributed by atoms with E-state index in [1.165, 1.54) is 12.7 Å². The van der Waals surface area contributed by atoms with E-state index in [4.69, 9.17) is 9.47 Å². The number of esters is 1. The van der Waals surface area contributed by atoms with Gasteiger partial charge in [0.05, 0.1) is 20.1 Å². The minimum Gasteiger partial charge on any atom is -0.496 e. The van der Waals surface area contributed by atoms with Crippen LogP contribution in [0.15, 0.2) is 18.2 Å². The molecule has 0 aliphatic rings. The molecule has 0 saturated carbocycles. The van der Waals surface area contributed by atoms with E-state index < -0.39 is 0 Å². The molecule has 1 aromatic rings. The average Bonchev–Trinajstić information content (AvgIpc) is 2.35. The molecule has 0 aliphatic carbocycles. The smallest absolute Gasteiger partial charge is 0.308 e. The van der Waals surface area contributed by atoms with Gasteiger partial charge in [-0.15, -0.1) is 0 Å². The van der Waals surface area contributed by atoms with Crippen LogP contribution >= 0.6 is 0 Å². The van der Waals surface area contributed by atoms with Crippen molar-refractivity contribution in [1.29, 1.82) is 0 Å². The van der Waals surface area contributed by atoms with Gasteiger partial charge in [-0.3, -0.25) is 4.79 Å². The molecule has 0 radical (unpaired) electrons. The molecular weight excluding hydrogens is 216 g/mol. The molecule has 0 aromatic heterocycles. The van der Waals surface area contributed by atoms with E-state index in [2.05, 4.69) is 6.07 Å². The average molecular weight is 236 g/mol. The Morgan fingerprint density at radius 3 is 2.59 bits per heavy atom. The first-order chi connectivity index (χ1) is 8.12. The van der Waals surface area contributed by atoms with Crippen LogP contribution in [0.5, 0.6) is 5.75 Å². The molecule has 3 nitrogen and oxygen atoms in total. The highest BCUT2D eigenvalue weighted by Gasteiger charge is 2.19. The molecular formula is C14H20O3. The van der Waals surface area contributed by atoms with Crippen LogP contribution in [0.1, 0.15) is 24.5 Å². The quantitative estimate of drug-likeness (QED) is 0.737. The van der Waals surface area contributed by atoms with Crippen LogP contribution in [0.4, 0.5) is 0 Å². The van der Waals surface area contributed by atoms with Crippen molar-refractivity contribution >= 4 is 5.97 Å². The third kappa shape index (κ3) is 3.48. The summed E-state index contributed by atoms with van der Waals surface area (Å²) in [4.78, 5) is 11.6. The van der Waals surface area contributed by atoms with Crippen LogP contribution < -0.4 is 4.74 Å². The highest BCUT2D eigenvalue weighted by molar-refractivity contribution is 5.72. The fourth-order valence-electron chi connectivity index (χ4n) is 1.89. The Morgan fingerprint density at radius 2 is 2.06 bits per heavy atom. The number of hydrogen-bond acceptors (Lipinski definition) is 3. The summed E-state index contributed by atoms with van der Waals surface area (Å²) in [6.45, 7) is 4.02. The van der Waals surface area contributed by atoms with Gasteiger partial charge in [-0.1, -0.05) is 24.6 Å². The van der Waals surface area contributed by atoms with Gasteiger partial charge in [-0.25, -0.2) is 0 Å². The van der Waals surface area contributed by atoms with Gasteiger partial charge in [-0.2, -0.15) is 0 Å². The highest BCUT2D eigenvalue weighted by Crippen LogP contribution is 2.24. The molecule has 1 unspecified atom stereocenters. The fourth-order valence-corrected chi connectivity index (χ4v) is 1.89. The number of aryl methyl sites for hydroxylation is 1. The first-order valence-electron chi connectivity index (χ1n) is 5.83. The Hall–Kier alpha value is -1.51. The first kappa shape index (κ1) is 13.6. The molecule has 0 aliphatic heterocycles. The van der Waals surface area contributed by atoms with Crippen molar-refractivity contribution in [2.24, 2.45) is 5.92 Å². The van der Waals surface area contributed by atoms with Crippen LogP contribution in [0.2, 0.25) is 0 Å². The maximum absolute atomic E-state index is 11.6. The molecule has 0 heterocycles. The molecule has 1 aromatic carbocycles. The van der Waals surface area contributed by atoms with Gasteiger partial charge < -0.3 is 9.47 Å². The summed E-state index contributed by atoms with van der Waals surface area (Å²) < 4.78 is 10.1. The van der Waals surface area contributed by atoms with Gasteiger partial charge >= 0.3 is 5.97 Å². The lowest BCUT2D eigenvalue weighted by Crippen LogP contribution is -2.18. The van der Waals surface area contributed by atoms with Crippen LogP contribution in [0.3, 0.4) is 0 Å². The maximum atomic E-state index is 11.6. The van der Waals surface area contributed by atoms with E-state index in [-0.39, 0.29) is 11.9 Å². The van der Waals surface area contributed by atoms with Crippen LogP contribution in [-0.4, -0.2) is 20.2 Å². The largest absolute Gasteiger partial charge is 0.496 e. The molecule has 17 heavy (non-hydrogen) atoms. The van der Waals surface area contributed by atoms with E-state index in [0.717, 1.165) is 17.7 Å². The van der Waals surface area contributed by atoms with Crippen molar-refractivity contribution in [3.05, 3.63) is 29.3 Å². The summed E-state index contributed by atoms with van der Waals surface area (Å²) >= 11 is 0. The second-order valence-corrected chi connectivity index (χ2v) is 4.15. The van der Waals surface area contributed by atoms with E-state index >= 15 is 0 Å². The summed E-state index contributed by atoms with van der Waals surface area (Å²) in [6, 6.07) is 6.00. The predicted molar refractivity (Wildman–Crippen MR) is 67.2 cm³/mol. The van der Waals surface area contributed by atoms with Crippen molar-refractivity contribution < 1.29 is 14.3 Å². The highest BCUT2D eigenvalue weighted by atomic mass is 16.5. The predicted octanol–water partition coefficient (Wildman–Crippen LogP) is 2.75.